The van der Waals surface area contributed by atoms with E-state index in [0.717, 1.165) is 31.7 Å². The van der Waals surface area contributed by atoms with Crippen LogP contribution in [0, 0.1) is 0 Å². The molecule has 2 N–H and O–H groups in total. The van der Waals surface area contributed by atoms with Gasteiger partial charge in [-0.3, -0.25) is 9.59 Å². The van der Waals surface area contributed by atoms with Gasteiger partial charge >= 0.3 is 0 Å². The molecule has 3 aromatic rings. The van der Waals surface area contributed by atoms with Crippen molar-refractivity contribution in [1.29, 1.82) is 0 Å². The zero-order valence-corrected chi connectivity index (χ0v) is 15.5. The van der Waals surface area contributed by atoms with Crippen molar-refractivity contribution in [2.45, 2.75) is 25.8 Å². The molecule has 2 amide bonds. The number of anilines is 2. The van der Waals surface area contributed by atoms with Crippen LogP contribution in [0.1, 0.15) is 36.2 Å². The van der Waals surface area contributed by atoms with E-state index in [0.29, 0.717) is 28.5 Å². The fourth-order valence-corrected chi connectivity index (χ4v) is 3.36. The molecule has 0 saturated carbocycles. The molecule has 1 aromatic carbocycles. The predicted molar refractivity (Wildman–Crippen MR) is 105 cm³/mol. The van der Waals surface area contributed by atoms with Gasteiger partial charge in [0.05, 0.1) is 23.3 Å². The second kappa shape index (κ2) is 7.77. The second-order valence-corrected chi connectivity index (χ2v) is 6.74. The number of aromatic nitrogens is 3. The zero-order valence-electron chi connectivity index (χ0n) is 15.5. The summed E-state index contributed by atoms with van der Waals surface area (Å²) in [7, 11) is 0. The summed E-state index contributed by atoms with van der Waals surface area (Å²) in [6.07, 6.45) is 5.18. The summed E-state index contributed by atoms with van der Waals surface area (Å²) in [4.78, 5) is 32.9. The number of fused-ring (bicyclic) bond motifs is 1. The Kier molecular flexibility index (Phi) is 5.03. The standard InChI is InChI=1S/C20H21N5O3/c1-13(26)23-16-4-2-3-5-17(16)24-20(27)14-10-18-19(21-11-14)25(12-22-18)15-6-8-28-9-7-15/h2-5,10-12,15H,6-9H2,1H3,(H,23,26)(H,24,27). The first-order valence-corrected chi connectivity index (χ1v) is 9.20. The lowest BCUT2D eigenvalue weighted by molar-refractivity contribution is -0.114. The summed E-state index contributed by atoms with van der Waals surface area (Å²) in [6.45, 7) is 2.89. The highest BCUT2D eigenvalue weighted by Crippen LogP contribution is 2.25. The first-order chi connectivity index (χ1) is 13.6. The number of para-hydroxylation sites is 2. The number of carbonyl (C=O) groups excluding carboxylic acids is 2. The maximum atomic E-state index is 12.7. The van der Waals surface area contributed by atoms with Crippen LogP contribution in [0.4, 0.5) is 11.4 Å². The Morgan fingerprint density at radius 1 is 1.11 bits per heavy atom. The highest BCUT2D eigenvalue weighted by molar-refractivity contribution is 6.07. The normalized spacial score (nSPS) is 14.8. The number of amides is 2. The Hall–Kier alpha value is -3.26. The van der Waals surface area contributed by atoms with Crippen LogP contribution >= 0.6 is 0 Å². The average molecular weight is 379 g/mol. The zero-order chi connectivity index (χ0) is 19.5. The van der Waals surface area contributed by atoms with E-state index in [1.165, 1.54) is 6.92 Å². The van der Waals surface area contributed by atoms with Crippen molar-refractivity contribution < 1.29 is 14.3 Å². The van der Waals surface area contributed by atoms with E-state index in [-0.39, 0.29) is 11.8 Å². The van der Waals surface area contributed by atoms with Gasteiger partial charge in [-0.15, -0.1) is 0 Å². The van der Waals surface area contributed by atoms with Gasteiger partial charge < -0.3 is 19.9 Å². The number of nitrogens with zero attached hydrogens (tertiary/aromatic N) is 3. The SMILES string of the molecule is CC(=O)Nc1ccccc1NC(=O)c1cnc2c(c1)ncn2C1CCOCC1. The molecule has 1 fully saturated rings. The highest BCUT2D eigenvalue weighted by atomic mass is 16.5. The first-order valence-electron chi connectivity index (χ1n) is 9.20. The molecule has 0 spiro atoms. The summed E-state index contributed by atoms with van der Waals surface area (Å²) in [5.41, 5.74) is 2.91. The van der Waals surface area contributed by atoms with Gasteiger partial charge in [-0.2, -0.15) is 0 Å². The Morgan fingerprint density at radius 3 is 2.54 bits per heavy atom. The number of rotatable bonds is 4. The Bertz CT molecular complexity index is 1020. The number of imidazole rings is 1. The Morgan fingerprint density at radius 2 is 1.82 bits per heavy atom. The molecule has 0 radical (unpaired) electrons. The van der Waals surface area contributed by atoms with Crippen LogP contribution in [0.3, 0.4) is 0 Å². The number of pyridine rings is 1. The van der Waals surface area contributed by atoms with Gasteiger partial charge in [-0.05, 0) is 31.0 Å². The largest absolute Gasteiger partial charge is 0.381 e. The molecule has 144 valence electrons. The molecule has 0 atom stereocenters. The smallest absolute Gasteiger partial charge is 0.257 e. The summed E-state index contributed by atoms with van der Waals surface area (Å²) in [6, 6.07) is 9.09. The van der Waals surface area contributed by atoms with Crippen molar-refractivity contribution in [1.82, 2.24) is 14.5 Å². The summed E-state index contributed by atoms with van der Waals surface area (Å²) in [5.74, 6) is -0.517. The van der Waals surface area contributed by atoms with E-state index >= 15 is 0 Å². The van der Waals surface area contributed by atoms with E-state index in [9.17, 15) is 9.59 Å². The van der Waals surface area contributed by atoms with Crippen LogP contribution in [-0.2, 0) is 9.53 Å². The molecule has 1 aliphatic rings. The van der Waals surface area contributed by atoms with Crippen molar-refractivity contribution in [2.24, 2.45) is 0 Å². The van der Waals surface area contributed by atoms with Crippen molar-refractivity contribution in [3.63, 3.8) is 0 Å². The van der Waals surface area contributed by atoms with Gasteiger partial charge in [0, 0.05) is 32.4 Å². The minimum Gasteiger partial charge on any atom is -0.381 e. The average Bonchev–Trinajstić information content (AvgIpc) is 3.13. The van der Waals surface area contributed by atoms with Crippen molar-refractivity contribution >= 4 is 34.4 Å². The van der Waals surface area contributed by atoms with Gasteiger partial charge in [0.15, 0.2) is 5.65 Å². The van der Waals surface area contributed by atoms with Gasteiger partial charge in [0.2, 0.25) is 5.91 Å². The topological polar surface area (TPSA) is 98.1 Å². The van der Waals surface area contributed by atoms with Crippen molar-refractivity contribution in [3.8, 4) is 0 Å². The molecule has 2 aromatic heterocycles. The molecule has 1 aliphatic heterocycles. The molecule has 3 heterocycles. The van der Waals surface area contributed by atoms with Crippen LogP contribution in [0.5, 0.6) is 0 Å². The summed E-state index contributed by atoms with van der Waals surface area (Å²) in [5, 5.41) is 5.53. The third kappa shape index (κ3) is 3.72. The number of nitrogens with one attached hydrogen (secondary N) is 2. The third-order valence-electron chi connectivity index (χ3n) is 4.75. The molecule has 8 heteroatoms. The van der Waals surface area contributed by atoms with Crippen molar-refractivity contribution in [2.75, 3.05) is 23.8 Å². The van der Waals surface area contributed by atoms with Gasteiger partial charge in [0.1, 0.15) is 5.52 Å². The molecule has 0 bridgehead atoms. The minimum absolute atomic E-state index is 0.205. The molecular formula is C20H21N5O3. The first kappa shape index (κ1) is 18.1. The number of hydrogen-bond acceptors (Lipinski definition) is 5. The third-order valence-corrected chi connectivity index (χ3v) is 4.75. The van der Waals surface area contributed by atoms with Crippen LogP contribution in [0.2, 0.25) is 0 Å². The molecule has 0 aliphatic carbocycles. The second-order valence-electron chi connectivity index (χ2n) is 6.74. The summed E-state index contributed by atoms with van der Waals surface area (Å²) >= 11 is 0. The van der Waals surface area contributed by atoms with Crippen LogP contribution < -0.4 is 10.6 Å². The highest BCUT2D eigenvalue weighted by Gasteiger charge is 2.19. The van der Waals surface area contributed by atoms with E-state index < -0.39 is 0 Å². The van der Waals surface area contributed by atoms with Gasteiger partial charge in [-0.1, -0.05) is 12.1 Å². The van der Waals surface area contributed by atoms with E-state index in [1.54, 1.807) is 42.9 Å². The van der Waals surface area contributed by atoms with E-state index in [2.05, 4.69) is 25.2 Å². The molecule has 28 heavy (non-hydrogen) atoms. The number of ether oxygens (including phenoxy) is 1. The maximum absolute atomic E-state index is 12.7. The minimum atomic E-state index is -0.312. The molecule has 8 nitrogen and oxygen atoms in total. The molecular weight excluding hydrogens is 358 g/mol. The number of carbonyl (C=O) groups is 2. The van der Waals surface area contributed by atoms with Crippen LogP contribution in [0.15, 0.2) is 42.9 Å². The lowest BCUT2D eigenvalue weighted by atomic mass is 10.1. The van der Waals surface area contributed by atoms with Crippen LogP contribution in [-0.4, -0.2) is 39.6 Å². The predicted octanol–water partition coefficient (Wildman–Crippen LogP) is 2.99. The Labute approximate surface area is 161 Å². The molecule has 4 rings (SSSR count). The van der Waals surface area contributed by atoms with Gasteiger partial charge in [-0.25, -0.2) is 9.97 Å². The van der Waals surface area contributed by atoms with Gasteiger partial charge in [0.25, 0.3) is 5.91 Å². The number of benzene rings is 1. The monoisotopic (exact) mass is 379 g/mol. The van der Waals surface area contributed by atoms with Crippen LogP contribution in [0.25, 0.3) is 11.2 Å². The Balaban J connectivity index is 1.56. The number of hydrogen-bond donors (Lipinski definition) is 2. The fraction of sp³-hybridized carbons (Fsp3) is 0.300. The molecule has 1 saturated heterocycles. The van der Waals surface area contributed by atoms with E-state index in [4.69, 9.17) is 4.74 Å². The van der Waals surface area contributed by atoms with E-state index in [1.807, 2.05) is 0 Å². The van der Waals surface area contributed by atoms with Crippen molar-refractivity contribution in [3.05, 3.63) is 48.4 Å². The fourth-order valence-electron chi connectivity index (χ4n) is 3.36. The lowest BCUT2D eigenvalue weighted by Crippen LogP contribution is -2.19. The quantitative estimate of drug-likeness (QED) is 0.726. The summed E-state index contributed by atoms with van der Waals surface area (Å²) < 4.78 is 7.48. The lowest BCUT2D eigenvalue weighted by Gasteiger charge is -2.23. The molecule has 0 unspecified atom stereocenters. The maximum Gasteiger partial charge on any atom is 0.257 e.